The van der Waals surface area contributed by atoms with Crippen molar-refractivity contribution in [3.63, 3.8) is 0 Å². The smallest absolute Gasteiger partial charge is 0.246 e. The predicted octanol–water partition coefficient (Wildman–Crippen LogP) is 1.45. The molecule has 0 aromatic carbocycles. The second kappa shape index (κ2) is 5.81. The number of allylic oxidation sites excluding steroid dienone is 1. The van der Waals surface area contributed by atoms with E-state index in [0.29, 0.717) is 5.92 Å². The van der Waals surface area contributed by atoms with Gasteiger partial charge in [-0.3, -0.25) is 4.79 Å². The van der Waals surface area contributed by atoms with Crippen LogP contribution in [-0.4, -0.2) is 37.1 Å². The summed E-state index contributed by atoms with van der Waals surface area (Å²) in [5.74, 6) is 0.644. The molecule has 0 aliphatic carbocycles. The summed E-state index contributed by atoms with van der Waals surface area (Å²) in [6, 6.07) is 0. The molecule has 1 heterocycles. The van der Waals surface area contributed by atoms with Crippen molar-refractivity contribution in [2.45, 2.75) is 20.3 Å². The van der Waals surface area contributed by atoms with Crippen molar-refractivity contribution < 1.29 is 9.53 Å². The molecule has 3 nitrogen and oxygen atoms in total. The zero-order chi connectivity index (χ0) is 10.4. The SMILES string of the molecule is CC=CC(=O)N(CC)CC1CCOC1. The van der Waals surface area contributed by atoms with Gasteiger partial charge >= 0.3 is 0 Å². The molecule has 0 bridgehead atoms. The third-order valence-electron chi connectivity index (χ3n) is 2.51. The van der Waals surface area contributed by atoms with Gasteiger partial charge in [0.2, 0.25) is 5.91 Å². The Balaban J connectivity index is 2.40. The highest BCUT2D eigenvalue weighted by Crippen LogP contribution is 2.13. The van der Waals surface area contributed by atoms with E-state index in [2.05, 4.69) is 0 Å². The van der Waals surface area contributed by atoms with Crippen LogP contribution in [0.2, 0.25) is 0 Å². The van der Waals surface area contributed by atoms with Crippen LogP contribution in [0.25, 0.3) is 0 Å². The van der Waals surface area contributed by atoms with Crippen LogP contribution in [0.5, 0.6) is 0 Å². The highest BCUT2D eigenvalue weighted by Gasteiger charge is 2.20. The molecule has 1 atom stereocenters. The molecule has 1 amide bonds. The molecule has 1 rings (SSSR count). The second-order valence-electron chi connectivity index (χ2n) is 3.61. The zero-order valence-electron chi connectivity index (χ0n) is 9.03. The van der Waals surface area contributed by atoms with Crippen LogP contribution in [0.4, 0.5) is 0 Å². The minimum absolute atomic E-state index is 0.113. The fraction of sp³-hybridized carbons (Fsp3) is 0.727. The maximum Gasteiger partial charge on any atom is 0.246 e. The quantitative estimate of drug-likeness (QED) is 0.638. The van der Waals surface area contributed by atoms with Gasteiger partial charge in [0.1, 0.15) is 0 Å². The maximum atomic E-state index is 11.6. The van der Waals surface area contributed by atoms with E-state index in [1.54, 1.807) is 12.2 Å². The fourth-order valence-electron chi connectivity index (χ4n) is 1.66. The molecule has 3 heteroatoms. The Morgan fingerprint density at radius 1 is 1.64 bits per heavy atom. The van der Waals surface area contributed by atoms with Crippen LogP contribution in [0.3, 0.4) is 0 Å². The van der Waals surface area contributed by atoms with Crippen molar-refractivity contribution in [3.8, 4) is 0 Å². The van der Waals surface area contributed by atoms with Gasteiger partial charge in [-0.1, -0.05) is 6.08 Å². The minimum Gasteiger partial charge on any atom is -0.381 e. The van der Waals surface area contributed by atoms with Gasteiger partial charge in [-0.15, -0.1) is 0 Å². The van der Waals surface area contributed by atoms with Gasteiger partial charge in [0.25, 0.3) is 0 Å². The van der Waals surface area contributed by atoms with Crippen LogP contribution in [0.1, 0.15) is 20.3 Å². The number of hydrogen-bond donors (Lipinski definition) is 0. The Hall–Kier alpha value is -0.830. The van der Waals surface area contributed by atoms with E-state index in [0.717, 1.165) is 32.7 Å². The Morgan fingerprint density at radius 3 is 2.93 bits per heavy atom. The van der Waals surface area contributed by atoms with E-state index in [-0.39, 0.29) is 5.91 Å². The van der Waals surface area contributed by atoms with Crippen molar-refractivity contribution in [2.24, 2.45) is 5.92 Å². The average molecular weight is 197 g/mol. The molecule has 0 aromatic heterocycles. The van der Waals surface area contributed by atoms with Crippen LogP contribution >= 0.6 is 0 Å². The highest BCUT2D eigenvalue weighted by molar-refractivity contribution is 5.87. The summed E-state index contributed by atoms with van der Waals surface area (Å²) in [4.78, 5) is 13.4. The highest BCUT2D eigenvalue weighted by atomic mass is 16.5. The van der Waals surface area contributed by atoms with Crippen molar-refractivity contribution in [1.29, 1.82) is 0 Å². The summed E-state index contributed by atoms with van der Waals surface area (Å²) in [5, 5.41) is 0. The number of nitrogens with zero attached hydrogens (tertiary/aromatic N) is 1. The molecule has 0 radical (unpaired) electrons. The van der Waals surface area contributed by atoms with Crippen LogP contribution in [0.15, 0.2) is 12.2 Å². The van der Waals surface area contributed by atoms with E-state index in [4.69, 9.17) is 4.74 Å². The molecular formula is C11H19NO2. The Labute approximate surface area is 85.7 Å². The summed E-state index contributed by atoms with van der Waals surface area (Å²) < 4.78 is 5.29. The lowest BCUT2D eigenvalue weighted by molar-refractivity contribution is -0.126. The van der Waals surface area contributed by atoms with Crippen molar-refractivity contribution in [3.05, 3.63) is 12.2 Å². The van der Waals surface area contributed by atoms with E-state index in [1.165, 1.54) is 0 Å². The summed E-state index contributed by atoms with van der Waals surface area (Å²) in [5.41, 5.74) is 0. The van der Waals surface area contributed by atoms with Gasteiger partial charge in [0.05, 0.1) is 6.61 Å². The number of ether oxygens (including phenoxy) is 1. The van der Waals surface area contributed by atoms with Crippen LogP contribution in [0, 0.1) is 5.92 Å². The first-order valence-corrected chi connectivity index (χ1v) is 5.27. The third-order valence-corrected chi connectivity index (χ3v) is 2.51. The lowest BCUT2D eigenvalue weighted by atomic mass is 10.1. The topological polar surface area (TPSA) is 29.5 Å². The predicted molar refractivity (Wildman–Crippen MR) is 56.0 cm³/mol. The molecule has 0 saturated carbocycles. The molecule has 0 spiro atoms. The molecule has 1 saturated heterocycles. The van der Waals surface area contributed by atoms with Gasteiger partial charge < -0.3 is 9.64 Å². The van der Waals surface area contributed by atoms with Gasteiger partial charge in [-0.2, -0.15) is 0 Å². The van der Waals surface area contributed by atoms with Gasteiger partial charge in [0.15, 0.2) is 0 Å². The number of hydrogen-bond acceptors (Lipinski definition) is 2. The molecule has 80 valence electrons. The Kier molecular flexibility index (Phi) is 4.66. The molecule has 14 heavy (non-hydrogen) atoms. The van der Waals surface area contributed by atoms with E-state index in [9.17, 15) is 4.79 Å². The van der Waals surface area contributed by atoms with Crippen LogP contribution in [-0.2, 0) is 9.53 Å². The molecule has 0 N–H and O–H groups in total. The largest absolute Gasteiger partial charge is 0.381 e. The van der Waals surface area contributed by atoms with Crippen molar-refractivity contribution in [2.75, 3.05) is 26.3 Å². The molecule has 0 aromatic rings. The van der Waals surface area contributed by atoms with Gasteiger partial charge in [-0.25, -0.2) is 0 Å². The lowest BCUT2D eigenvalue weighted by Crippen LogP contribution is -2.34. The Morgan fingerprint density at radius 2 is 2.43 bits per heavy atom. The number of likely N-dealkylation sites (N-methyl/N-ethyl adjacent to an activating group) is 1. The molecule has 1 fully saturated rings. The monoisotopic (exact) mass is 197 g/mol. The first-order valence-electron chi connectivity index (χ1n) is 5.27. The summed E-state index contributed by atoms with van der Waals surface area (Å²) in [7, 11) is 0. The first kappa shape index (κ1) is 11.2. The number of carbonyl (C=O) groups is 1. The number of rotatable bonds is 4. The molecule has 1 unspecified atom stereocenters. The third kappa shape index (κ3) is 3.14. The standard InChI is InChI=1S/C11H19NO2/c1-3-5-11(13)12(4-2)8-10-6-7-14-9-10/h3,5,10H,4,6-9H2,1-2H3. The fourth-order valence-corrected chi connectivity index (χ4v) is 1.66. The van der Waals surface area contributed by atoms with E-state index in [1.807, 2.05) is 18.7 Å². The van der Waals surface area contributed by atoms with E-state index < -0.39 is 0 Å². The minimum atomic E-state index is 0.113. The second-order valence-corrected chi connectivity index (χ2v) is 3.61. The lowest BCUT2D eigenvalue weighted by Gasteiger charge is -2.22. The summed E-state index contributed by atoms with van der Waals surface area (Å²) >= 11 is 0. The van der Waals surface area contributed by atoms with Crippen molar-refractivity contribution >= 4 is 5.91 Å². The molecule has 1 aliphatic rings. The molecular weight excluding hydrogens is 178 g/mol. The number of carbonyl (C=O) groups excluding carboxylic acids is 1. The Bertz CT molecular complexity index is 207. The van der Waals surface area contributed by atoms with E-state index >= 15 is 0 Å². The van der Waals surface area contributed by atoms with Crippen LogP contribution < -0.4 is 0 Å². The molecule has 1 aliphatic heterocycles. The van der Waals surface area contributed by atoms with Crippen molar-refractivity contribution in [1.82, 2.24) is 4.90 Å². The number of amides is 1. The normalized spacial score (nSPS) is 21.7. The average Bonchev–Trinajstić information content (AvgIpc) is 2.66. The summed E-state index contributed by atoms with van der Waals surface area (Å²) in [6.07, 6.45) is 4.50. The zero-order valence-corrected chi connectivity index (χ0v) is 9.03. The first-order chi connectivity index (χ1) is 6.77. The maximum absolute atomic E-state index is 11.6. The van der Waals surface area contributed by atoms with Gasteiger partial charge in [0, 0.05) is 25.6 Å². The summed E-state index contributed by atoms with van der Waals surface area (Å²) in [6.45, 7) is 7.14. The van der Waals surface area contributed by atoms with Gasteiger partial charge in [-0.05, 0) is 26.3 Å².